The molecular formula is C24H27NO8S. The van der Waals surface area contributed by atoms with E-state index in [0.29, 0.717) is 13.0 Å². The van der Waals surface area contributed by atoms with Crippen LogP contribution < -0.4 is 14.8 Å². The summed E-state index contributed by atoms with van der Waals surface area (Å²) in [6.07, 6.45) is -10.3. The third-order valence-electron chi connectivity index (χ3n) is 5.26. The van der Waals surface area contributed by atoms with E-state index in [4.69, 9.17) is 22.4 Å². The molecular weight excluding hydrogens is 462 g/mol. The molecule has 0 spiro atoms. The van der Waals surface area contributed by atoms with Gasteiger partial charge in [-0.2, -0.15) is 0 Å². The van der Waals surface area contributed by atoms with Crippen molar-refractivity contribution in [1.29, 1.82) is 0 Å². The fourth-order valence-electron chi connectivity index (χ4n) is 3.49. The van der Waals surface area contributed by atoms with Crippen LogP contribution in [0.5, 0.6) is 11.5 Å². The van der Waals surface area contributed by atoms with Gasteiger partial charge in [0.2, 0.25) is 6.29 Å². The Morgan fingerprint density at radius 2 is 1.85 bits per heavy atom. The number of nitrogens with one attached hydrogen (secondary N) is 1. The van der Waals surface area contributed by atoms with Crippen molar-refractivity contribution in [3.05, 3.63) is 58.6 Å². The van der Waals surface area contributed by atoms with Crippen molar-refractivity contribution in [3.63, 3.8) is 0 Å². The molecule has 2 heterocycles. The maximum absolute atomic E-state index is 11.5. The summed E-state index contributed by atoms with van der Waals surface area (Å²) in [6.45, 7) is 0.510. The first-order chi connectivity index (χ1) is 18.9. The van der Waals surface area contributed by atoms with Gasteiger partial charge < -0.3 is 40.0 Å². The summed E-state index contributed by atoms with van der Waals surface area (Å²) in [4.78, 5) is 12.3. The number of ether oxygens (including phenoxy) is 3. The molecule has 1 saturated heterocycles. The molecule has 1 aromatic heterocycles. The second-order valence-electron chi connectivity index (χ2n) is 7.53. The molecule has 6 atom stereocenters. The summed E-state index contributed by atoms with van der Waals surface area (Å²) in [5.74, 6) is -2.59. The molecule has 4 rings (SSSR count). The Morgan fingerprint density at radius 3 is 2.50 bits per heavy atom. The molecule has 1 aliphatic rings. The normalized spacial score (nSPS) is 28.2. The van der Waals surface area contributed by atoms with Crippen LogP contribution in [-0.4, -0.2) is 70.7 Å². The largest absolute Gasteiger partial charge is 0.484 e. The van der Waals surface area contributed by atoms with E-state index in [1.807, 2.05) is 11.4 Å². The molecule has 1 aliphatic heterocycles. The van der Waals surface area contributed by atoms with Gasteiger partial charge in [0.25, 0.3) is 0 Å². The van der Waals surface area contributed by atoms with Crippen LogP contribution in [-0.2, 0) is 9.53 Å². The average Bonchev–Trinajstić information content (AvgIpc) is 3.46. The number of hydrogen-bond donors (Lipinski definition) is 5. The number of aliphatic hydroxyl groups is 3. The molecule has 0 radical (unpaired) electrons. The van der Waals surface area contributed by atoms with Crippen molar-refractivity contribution in [2.24, 2.45) is 0 Å². The second kappa shape index (κ2) is 10.7. The van der Waals surface area contributed by atoms with Gasteiger partial charge in [-0.05, 0) is 37.1 Å². The number of carbonyl (C=O) groups is 1. The van der Waals surface area contributed by atoms with E-state index in [1.54, 1.807) is 13.1 Å². The first kappa shape index (κ1) is 17.7. The molecule has 182 valence electrons. The highest BCUT2D eigenvalue weighted by Crippen LogP contribution is 2.38. The summed E-state index contributed by atoms with van der Waals surface area (Å²) >= 11 is 1.39. The van der Waals surface area contributed by atoms with Crippen molar-refractivity contribution in [3.8, 4) is 11.5 Å². The smallest absolute Gasteiger partial charge is 0.335 e. The van der Waals surface area contributed by atoms with E-state index in [0.717, 1.165) is 4.88 Å². The standard InChI is InChI=1S/C24H27NO8S/c1-25-11-10-17(18-7-4-12-34-18)31-15-8-9-16(14-6-3-2-5-13(14)15)32-24-21(28)19(26)20(27)22(33-24)23(29)30/h2-9,12,17,19-22,24-28H,10-11H2,1H3,(H,29,30)/t17?,19-,20-,21+,22-,24+/m0/s1/i2D,3D,5D,6D,8D,9D. The number of rotatable bonds is 9. The Kier molecular flexibility index (Phi) is 5.55. The summed E-state index contributed by atoms with van der Waals surface area (Å²) < 4.78 is 67.8. The highest BCUT2D eigenvalue weighted by molar-refractivity contribution is 7.10. The molecule has 2 aromatic carbocycles. The van der Waals surface area contributed by atoms with Gasteiger partial charge in [0.05, 0.1) is 8.22 Å². The van der Waals surface area contributed by atoms with Gasteiger partial charge in [-0.1, -0.05) is 30.2 Å². The lowest BCUT2D eigenvalue weighted by Gasteiger charge is -2.38. The predicted octanol–water partition coefficient (Wildman–Crippen LogP) is 1.90. The van der Waals surface area contributed by atoms with E-state index in [-0.39, 0.29) is 16.5 Å². The Morgan fingerprint density at radius 1 is 1.15 bits per heavy atom. The van der Waals surface area contributed by atoms with E-state index in [1.165, 1.54) is 11.3 Å². The molecule has 1 unspecified atom stereocenters. The maximum atomic E-state index is 11.5. The molecule has 0 saturated carbocycles. The van der Waals surface area contributed by atoms with E-state index < -0.39 is 84.8 Å². The van der Waals surface area contributed by atoms with Crippen LogP contribution in [0.4, 0.5) is 0 Å². The van der Waals surface area contributed by atoms with Crippen molar-refractivity contribution >= 4 is 28.1 Å². The SMILES string of the molecule is [2H]c1c([2H])c([2H])c2c(O[C@@H]3O[C@H](C(=O)O)[C@@H](O)[C@H](O)[C@H]3O)c([2H])c([2H])c(OC(CCNC)c3cccs3)c2c1[2H]. The van der Waals surface area contributed by atoms with Gasteiger partial charge in [-0.3, -0.25) is 0 Å². The van der Waals surface area contributed by atoms with Crippen molar-refractivity contribution < 1.29 is 47.7 Å². The molecule has 0 aliphatic carbocycles. The zero-order valence-electron chi connectivity index (χ0n) is 23.9. The van der Waals surface area contributed by atoms with Gasteiger partial charge in [0, 0.05) is 22.1 Å². The van der Waals surface area contributed by atoms with Crippen LogP contribution in [0.1, 0.15) is 25.6 Å². The Balaban J connectivity index is 1.91. The number of hydrogen-bond acceptors (Lipinski definition) is 9. The fraction of sp³-hybridized carbons (Fsp3) is 0.375. The van der Waals surface area contributed by atoms with Gasteiger partial charge in [-0.15, -0.1) is 11.3 Å². The predicted molar refractivity (Wildman–Crippen MR) is 125 cm³/mol. The minimum atomic E-state index is -2.02. The number of benzene rings is 2. The second-order valence-corrected chi connectivity index (χ2v) is 8.50. The molecule has 3 aromatic rings. The van der Waals surface area contributed by atoms with Gasteiger partial charge in [-0.25, -0.2) is 4.79 Å². The summed E-state index contributed by atoms with van der Waals surface area (Å²) in [5, 5.41) is 44.2. The lowest BCUT2D eigenvalue weighted by Crippen LogP contribution is -2.61. The van der Waals surface area contributed by atoms with E-state index >= 15 is 0 Å². The van der Waals surface area contributed by atoms with E-state index in [2.05, 4.69) is 5.32 Å². The quantitative estimate of drug-likeness (QED) is 0.301. The molecule has 9 nitrogen and oxygen atoms in total. The first-order valence-electron chi connectivity index (χ1n) is 13.4. The third-order valence-corrected chi connectivity index (χ3v) is 6.22. The maximum Gasteiger partial charge on any atom is 0.335 e. The zero-order valence-corrected chi connectivity index (χ0v) is 18.8. The van der Waals surface area contributed by atoms with E-state index in [9.17, 15) is 25.2 Å². The minimum Gasteiger partial charge on any atom is -0.484 e. The number of thiophene rings is 1. The topological polar surface area (TPSA) is 138 Å². The van der Waals surface area contributed by atoms with Crippen LogP contribution in [0, 0.1) is 0 Å². The van der Waals surface area contributed by atoms with Crippen LogP contribution >= 0.6 is 11.3 Å². The molecule has 10 heteroatoms. The Bertz CT molecular complexity index is 1410. The third kappa shape index (κ3) is 5.02. The number of carboxylic acids is 1. The fourth-order valence-corrected chi connectivity index (χ4v) is 4.27. The first-order valence-corrected chi connectivity index (χ1v) is 11.3. The van der Waals surface area contributed by atoms with Crippen LogP contribution in [0.2, 0.25) is 0 Å². The van der Waals surface area contributed by atoms with Gasteiger partial charge in [0.15, 0.2) is 6.10 Å². The molecule has 5 N–H and O–H groups in total. The minimum absolute atomic E-state index is 0.270. The van der Waals surface area contributed by atoms with Crippen LogP contribution in [0.25, 0.3) is 10.8 Å². The Labute approximate surface area is 208 Å². The highest BCUT2D eigenvalue weighted by Gasteiger charge is 2.48. The number of fused-ring (bicyclic) bond motifs is 1. The van der Waals surface area contributed by atoms with Crippen molar-refractivity contribution in [2.45, 2.75) is 43.2 Å². The summed E-state index contributed by atoms with van der Waals surface area (Å²) in [5.41, 5.74) is 0. The van der Waals surface area contributed by atoms with Gasteiger partial charge in [0.1, 0.15) is 35.9 Å². The summed E-state index contributed by atoms with van der Waals surface area (Å²) in [6, 6.07) is -0.217. The lowest BCUT2D eigenvalue weighted by molar-refractivity contribution is -0.270. The number of carboxylic acid groups (broad SMARTS) is 1. The zero-order chi connectivity index (χ0) is 29.5. The number of aliphatic carboxylic acids is 1. The highest BCUT2D eigenvalue weighted by atomic mass is 32.1. The molecule has 0 amide bonds. The van der Waals surface area contributed by atoms with Gasteiger partial charge >= 0.3 is 5.97 Å². The van der Waals surface area contributed by atoms with Crippen LogP contribution in [0.3, 0.4) is 0 Å². The van der Waals surface area contributed by atoms with Crippen LogP contribution in [0.15, 0.2) is 53.8 Å². The molecule has 0 bridgehead atoms. The number of aliphatic hydroxyl groups excluding tert-OH is 3. The summed E-state index contributed by atoms with van der Waals surface area (Å²) in [7, 11) is 1.74. The monoisotopic (exact) mass is 495 g/mol. The molecule has 1 fully saturated rings. The average molecular weight is 496 g/mol. The molecule has 34 heavy (non-hydrogen) atoms. The van der Waals surface area contributed by atoms with Crippen molar-refractivity contribution in [1.82, 2.24) is 5.32 Å². The Hall–Kier alpha value is -2.73. The lowest BCUT2D eigenvalue weighted by atomic mass is 9.99. The van der Waals surface area contributed by atoms with Crippen molar-refractivity contribution in [2.75, 3.05) is 13.6 Å².